The Kier molecular flexibility index (Phi) is 4.10. The van der Waals surface area contributed by atoms with Crippen LogP contribution in [0.25, 0.3) is 11.0 Å². The molecule has 0 aliphatic heterocycles. The van der Waals surface area contributed by atoms with Crippen LogP contribution in [0.1, 0.15) is 17.6 Å². The molecule has 2 heterocycles. The molecule has 0 saturated carbocycles. The molecule has 110 valence electrons. The molecule has 0 spiro atoms. The lowest BCUT2D eigenvalue weighted by molar-refractivity contribution is 0.161. The van der Waals surface area contributed by atoms with Gasteiger partial charge in [-0.2, -0.15) is 5.10 Å². The van der Waals surface area contributed by atoms with Crippen molar-refractivity contribution in [2.45, 2.75) is 12.6 Å². The van der Waals surface area contributed by atoms with Crippen LogP contribution in [0.5, 0.6) is 0 Å². The van der Waals surface area contributed by atoms with Gasteiger partial charge >= 0.3 is 0 Å². The van der Waals surface area contributed by atoms with Gasteiger partial charge in [-0.15, -0.1) is 0 Å². The van der Waals surface area contributed by atoms with E-state index in [0.29, 0.717) is 24.6 Å². The molecule has 1 N–H and O–H groups in total. The molecule has 0 aliphatic rings. The van der Waals surface area contributed by atoms with Gasteiger partial charge in [0.15, 0.2) is 6.10 Å². The fourth-order valence-electron chi connectivity index (χ4n) is 2.27. The number of nitrogens with zero attached hydrogens (tertiary/aromatic N) is 2. The van der Waals surface area contributed by atoms with Crippen LogP contribution < -0.4 is 0 Å². The predicted molar refractivity (Wildman–Crippen MR) is 82.1 cm³/mol. The molecule has 0 amide bonds. The first-order valence-corrected chi connectivity index (χ1v) is 7.36. The summed E-state index contributed by atoms with van der Waals surface area (Å²) in [6.45, 7) is 1.09. The van der Waals surface area contributed by atoms with E-state index in [-0.39, 0.29) is 0 Å². The number of aliphatic hydroxyl groups excluding tert-OH is 1. The second-order valence-corrected chi connectivity index (χ2v) is 5.54. The van der Waals surface area contributed by atoms with E-state index in [1.165, 1.54) is 0 Å². The Balaban J connectivity index is 1.97. The third-order valence-electron chi connectivity index (χ3n) is 3.31. The van der Waals surface area contributed by atoms with E-state index >= 15 is 0 Å². The van der Waals surface area contributed by atoms with E-state index < -0.39 is 6.10 Å². The van der Waals surface area contributed by atoms with Crippen LogP contribution in [-0.4, -0.2) is 28.6 Å². The predicted octanol–water partition coefficient (Wildman–Crippen LogP) is 3.12. The van der Waals surface area contributed by atoms with Crippen molar-refractivity contribution < 1.29 is 14.3 Å². The molecule has 0 saturated heterocycles. The van der Waals surface area contributed by atoms with E-state index in [4.69, 9.17) is 9.15 Å². The molecule has 1 unspecified atom stereocenters. The molecule has 6 heteroatoms. The van der Waals surface area contributed by atoms with Gasteiger partial charge in [-0.1, -0.05) is 18.2 Å². The van der Waals surface area contributed by atoms with Crippen LogP contribution in [0.3, 0.4) is 0 Å². The van der Waals surface area contributed by atoms with Gasteiger partial charge in [0.05, 0.1) is 29.5 Å². The zero-order valence-electron chi connectivity index (χ0n) is 11.5. The van der Waals surface area contributed by atoms with Crippen LogP contribution in [-0.2, 0) is 11.3 Å². The van der Waals surface area contributed by atoms with Gasteiger partial charge in [0.2, 0.25) is 0 Å². The molecular weight excluding hydrogens is 336 g/mol. The van der Waals surface area contributed by atoms with Crippen molar-refractivity contribution in [3.8, 4) is 0 Å². The summed E-state index contributed by atoms with van der Waals surface area (Å²) in [7, 11) is 1.63. The summed E-state index contributed by atoms with van der Waals surface area (Å²) in [6, 6.07) is 9.52. The number of furan rings is 1. The lowest BCUT2D eigenvalue weighted by Gasteiger charge is -2.12. The Bertz CT molecular complexity index is 717. The van der Waals surface area contributed by atoms with Crippen LogP contribution in [0.15, 0.2) is 45.4 Å². The number of benzene rings is 1. The minimum atomic E-state index is -0.883. The zero-order valence-corrected chi connectivity index (χ0v) is 13.1. The number of ether oxygens (including phenoxy) is 1. The first-order chi connectivity index (χ1) is 10.2. The second-order valence-electron chi connectivity index (χ2n) is 4.68. The first-order valence-electron chi connectivity index (χ1n) is 6.57. The molecule has 3 rings (SSSR count). The van der Waals surface area contributed by atoms with Gasteiger partial charge < -0.3 is 14.3 Å². The molecule has 0 bridgehead atoms. The zero-order chi connectivity index (χ0) is 14.8. The van der Waals surface area contributed by atoms with Crippen molar-refractivity contribution in [3.05, 3.63) is 52.5 Å². The van der Waals surface area contributed by atoms with Crippen molar-refractivity contribution in [2.75, 3.05) is 13.7 Å². The highest BCUT2D eigenvalue weighted by molar-refractivity contribution is 9.10. The largest absolute Gasteiger partial charge is 0.458 e. The van der Waals surface area contributed by atoms with E-state index in [0.717, 1.165) is 15.4 Å². The minimum absolute atomic E-state index is 0.496. The molecule has 0 aliphatic carbocycles. The number of fused-ring (bicyclic) bond motifs is 1. The molecule has 21 heavy (non-hydrogen) atoms. The quantitative estimate of drug-likeness (QED) is 0.767. The number of rotatable bonds is 5. The Morgan fingerprint density at radius 2 is 2.24 bits per heavy atom. The fraction of sp³-hybridized carbons (Fsp3) is 0.267. The normalized spacial score (nSPS) is 12.9. The van der Waals surface area contributed by atoms with Gasteiger partial charge in [0.25, 0.3) is 0 Å². The highest BCUT2D eigenvalue weighted by Crippen LogP contribution is 2.31. The number of halogens is 1. The maximum atomic E-state index is 10.6. The molecule has 1 aromatic carbocycles. The number of hydrogen-bond donors (Lipinski definition) is 1. The van der Waals surface area contributed by atoms with Crippen molar-refractivity contribution in [1.82, 2.24) is 9.78 Å². The number of aromatic nitrogens is 2. The van der Waals surface area contributed by atoms with E-state index in [1.54, 1.807) is 18.0 Å². The average Bonchev–Trinajstić information content (AvgIpc) is 3.08. The smallest absolute Gasteiger partial charge is 0.154 e. The second kappa shape index (κ2) is 6.01. The maximum absolute atomic E-state index is 10.6. The molecular formula is C15H15BrN2O3. The van der Waals surface area contributed by atoms with E-state index in [1.807, 2.05) is 30.3 Å². The summed E-state index contributed by atoms with van der Waals surface area (Å²) in [5.41, 5.74) is 1.41. The number of para-hydroxylation sites is 1. The summed E-state index contributed by atoms with van der Waals surface area (Å²) >= 11 is 3.42. The van der Waals surface area contributed by atoms with Crippen LogP contribution in [0.2, 0.25) is 0 Å². The van der Waals surface area contributed by atoms with Crippen molar-refractivity contribution >= 4 is 26.9 Å². The lowest BCUT2D eigenvalue weighted by atomic mass is 10.2. The monoisotopic (exact) mass is 350 g/mol. The number of aliphatic hydroxyl groups is 1. The maximum Gasteiger partial charge on any atom is 0.154 e. The summed E-state index contributed by atoms with van der Waals surface area (Å²) in [5.74, 6) is 0.496. The van der Waals surface area contributed by atoms with Gasteiger partial charge in [-0.05, 0) is 28.1 Å². The molecule has 2 aromatic heterocycles. The highest BCUT2D eigenvalue weighted by Gasteiger charge is 2.22. The number of hydrogen-bond acceptors (Lipinski definition) is 4. The highest BCUT2D eigenvalue weighted by atomic mass is 79.9. The lowest BCUT2D eigenvalue weighted by Crippen LogP contribution is -2.13. The summed E-state index contributed by atoms with van der Waals surface area (Å²) in [5, 5.41) is 15.8. The van der Waals surface area contributed by atoms with Crippen LogP contribution in [0, 0.1) is 0 Å². The Hall–Kier alpha value is -1.63. The third-order valence-corrected chi connectivity index (χ3v) is 3.92. The van der Waals surface area contributed by atoms with Gasteiger partial charge in [-0.25, -0.2) is 0 Å². The third kappa shape index (κ3) is 2.74. The van der Waals surface area contributed by atoms with Crippen molar-refractivity contribution in [1.29, 1.82) is 0 Å². The molecule has 3 aromatic rings. The van der Waals surface area contributed by atoms with Gasteiger partial charge in [0.1, 0.15) is 11.3 Å². The molecule has 0 fully saturated rings. The minimum Gasteiger partial charge on any atom is -0.458 e. The molecule has 5 nitrogen and oxygen atoms in total. The summed E-state index contributed by atoms with van der Waals surface area (Å²) in [6.07, 6.45) is 0.780. The molecule has 1 atom stereocenters. The topological polar surface area (TPSA) is 60.4 Å². The SMILES string of the molecule is COCCn1ncc(Br)c1C(O)c1cc2ccccc2o1. The molecule has 0 radical (unpaired) electrons. The van der Waals surface area contributed by atoms with Crippen LogP contribution >= 0.6 is 15.9 Å². The number of methoxy groups -OCH3 is 1. The summed E-state index contributed by atoms with van der Waals surface area (Å²) in [4.78, 5) is 0. The van der Waals surface area contributed by atoms with Gasteiger partial charge in [0, 0.05) is 12.5 Å². The first kappa shape index (κ1) is 14.3. The Labute approximate surface area is 130 Å². The average molecular weight is 351 g/mol. The fourth-order valence-corrected chi connectivity index (χ4v) is 2.78. The van der Waals surface area contributed by atoms with E-state index in [2.05, 4.69) is 21.0 Å². The Morgan fingerprint density at radius 3 is 3.00 bits per heavy atom. The summed E-state index contributed by atoms with van der Waals surface area (Å²) < 4.78 is 13.2. The van der Waals surface area contributed by atoms with Gasteiger partial charge in [-0.3, -0.25) is 4.68 Å². The standard InChI is InChI=1S/C15H15BrN2O3/c1-20-7-6-18-14(11(16)9-17-18)15(19)13-8-10-4-2-3-5-12(10)21-13/h2-5,8-9,15,19H,6-7H2,1H3. The van der Waals surface area contributed by atoms with E-state index in [9.17, 15) is 5.11 Å². The van der Waals surface area contributed by atoms with Crippen molar-refractivity contribution in [3.63, 3.8) is 0 Å². The van der Waals surface area contributed by atoms with Crippen molar-refractivity contribution in [2.24, 2.45) is 0 Å². The Morgan fingerprint density at radius 1 is 1.43 bits per heavy atom. The van der Waals surface area contributed by atoms with Crippen LogP contribution in [0.4, 0.5) is 0 Å².